The van der Waals surface area contributed by atoms with Gasteiger partial charge in [0.2, 0.25) is 0 Å². The van der Waals surface area contributed by atoms with Crippen molar-refractivity contribution in [3.8, 4) is 0 Å². The number of nitro groups is 3. The fourth-order valence-electron chi connectivity index (χ4n) is 1.44. The summed E-state index contributed by atoms with van der Waals surface area (Å²) in [5.41, 5.74) is 0.528. The zero-order valence-corrected chi connectivity index (χ0v) is 9.20. The zero-order chi connectivity index (χ0) is 14.8. The average Bonchev–Trinajstić information content (AvgIpc) is 2.36. The van der Waals surface area contributed by atoms with Gasteiger partial charge < -0.3 is 5.11 Å². The van der Waals surface area contributed by atoms with Gasteiger partial charge in [-0.05, 0) is 12.1 Å². The molecule has 1 aromatic rings. The number of benzene rings is 1. The molecule has 102 valence electrons. The molecular weight excluding hydrogens is 264 g/mol. The minimum Gasteiger partial charge on any atom is -0.313 e. The third-order valence-electron chi connectivity index (χ3n) is 2.51. The van der Waals surface area contributed by atoms with Crippen molar-refractivity contribution in [2.24, 2.45) is 5.73 Å². The van der Waals surface area contributed by atoms with Crippen LogP contribution in [0.25, 0.3) is 0 Å². The average molecular weight is 272 g/mol. The van der Waals surface area contributed by atoms with Crippen molar-refractivity contribution in [3.05, 3.63) is 66.2 Å². The van der Waals surface area contributed by atoms with E-state index in [0.29, 0.717) is 0 Å². The van der Waals surface area contributed by atoms with Gasteiger partial charge in [-0.25, -0.2) is 0 Å². The summed E-state index contributed by atoms with van der Waals surface area (Å²) < 4.78 is 0. The van der Waals surface area contributed by atoms with E-state index in [4.69, 9.17) is 5.73 Å². The van der Waals surface area contributed by atoms with Crippen LogP contribution in [0.3, 0.4) is 0 Å². The van der Waals surface area contributed by atoms with Crippen LogP contribution in [-0.2, 0) is 5.72 Å². The lowest BCUT2D eigenvalue weighted by atomic mass is 9.96. The topological polar surface area (TPSA) is 176 Å². The predicted molar refractivity (Wildman–Crippen MR) is 58.2 cm³/mol. The van der Waals surface area contributed by atoms with Gasteiger partial charge in [-0.3, -0.25) is 30.3 Å². The van der Waals surface area contributed by atoms with Crippen LogP contribution in [-0.4, -0.2) is 25.7 Å². The van der Waals surface area contributed by atoms with Crippen molar-refractivity contribution in [1.29, 1.82) is 0 Å². The Morgan fingerprint density at radius 2 is 1.37 bits per heavy atom. The van der Waals surface area contributed by atoms with E-state index in [0.717, 1.165) is 12.1 Å². The molecule has 19 heavy (non-hydrogen) atoms. The number of hydrogen-bond acceptors (Lipinski definition) is 8. The molecule has 1 rings (SSSR count). The lowest BCUT2D eigenvalue weighted by Crippen LogP contribution is -2.71. The Balaban J connectivity index is 3.64. The molecular formula is C8H8N4O7. The first-order chi connectivity index (χ1) is 8.69. The van der Waals surface area contributed by atoms with Gasteiger partial charge in [-0.15, -0.1) is 0 Å². The fourth-order valence-corrected chi connectivity index (χ4v) is 1.44. The summed E-state index contributed by atoms with van der Waals surface area (Å²) in [5, 5.41) is 42.4. The van der Waals surface area contributed by atoms with Crippen LogP contribution in [0.15, 0.2) is 30.3 Å². The third kappa shape index (κ3) is 1.86. The number of nitrogens with two attached hydrogens (primary N) is 1. The van der Waals surface area contributed by atoms with Crippen LogP contribution in [0.2, 0.25) is 0 Å². The number of aliphatic hydroxyl groups is 1. The highest BCUT2D eigenvalue weighted by Crippen LogP contribution is 2.33. The van der Waals surface area contributed by atoms with Gasteiger partial charge in [0.1, 0.15) is 9.85 Å². The summed E-state index contributed by atoms with van der Waals surface area (Å²) in [4.78, 5) is 27.5. The molecule has 3 N–H and O–H groups in total. The molecule has 11 nitrogen and oxygen atoms in total. The second-order valence-electron chi connectivity index (χ2n) is 3.54. The maximum absolute atomic E-state index is 10.9. The van der Waals surface area contributed by atoms with E-state index in [1.807, 2.05) is 0 Å². The van der Waals surface area contributed by atoms with E-state index < -0.39 is 31.8 Å². The lowest BCUT2D eigenvalue weighted by Gasteiger charge is -2.22. The van der Waals surface area contributed by atoms with Crippen LogP contribution in [0.1, 0.15) is 5.56 Å². The SMILES string of the molecule is NC([N+](=O)[O-])([N+](=O)[O-])C(O)(c1ccccc1)[N+](=O)[O-]. The van der Waals surface area contributed by atoms with Gasteiger partial charge in [0.05, 0.1) is 10.5 Å². The van der Waals surface area contributed by atoms with E-state index in [1.165, 1.54) is 18.2 Å². The van der Waals surface area contributed by atoms with Crippen molar-refractivity contribution >= 4 is 0 Å². The Kier molecular flexibility index (Phi) is 3.45. The third-order valence-corrected chi connectivity index (χ3v) is 2.51. The minimum absolute atomic E-state index is 0.670. The maximum atomic E-state index is 10.9. The summed E-state index contributed by atoms with van der Waals surface area (Å²) in [7, 11) is 0. The molecule has 0 bridgehead atoms. The number of nitrogens with zero attached hydrogens (tertiary/aromatic N) is 3. The molecule has 0 aromatic heterocycles. The normalized spacial score (nSPS) is 14.4. The van der Waals surface area contributed by atoms with E-state index >= 15 is 0 Å². The molecule has 0 saturated heterocycles. The van der Waals surface area contributed by atoms with Gasteiger partial charge >= 0.3 is 11.5 Å². The van der Waals surface area contributed by atoms with Crippen molar-refractivity contribution in [3.63, 3.8) is 0 Å². The number of rotatable bonds is 5. The monoisotopic (exact) mass is 272 g/mol. The van der Waals surface area contributed by atoms with Crippen molar-refractivity contribution in [1.82, 2.24) is 0 Å². The summed E-state index contributed by atoms with van der Waals surface area (Å²) >= 11 is 0. The van der Waals surface area contributed by atoms with Gasteiger partial charge in [0, 0.05) is 0 Å². The van der Waals surface area contributed by atoms with E-state index in [2.05, 4.69) is 0 Å². The molecule has 0 fully saturated rings. The second-order valence-corrected chi connectivity index (χ2v) is 3.54. The van der Waals surface area contributed by atoms with Crippen LogP contribution in [0.5, 0.6) is 0 Å². The summed E-state index contributed by atoms with van der Waals surface area (Å²) in [6.07, 6.45) is 0. The van der Waals surface area contributed by atoms with E-state index in [-0.39, 0.29) is 0 Å². The van der Waals surface area contributed by atoms with Gasteiger partial charge in [0.15, 0.2) is 0 Å². The Bertz CT molecular complexity index is 519. The Hall–Kier alpha value is -2.66. The molecule has 0 saturated carbocycles. The predicted octanol–water partition coefficient (Wildman–Crippen LogP) is -0.726. The first-order valence-electron chi connectivity index (χ1n) is 4.69. The Morgan fingerprint density at radius 3 is 1.68 bits per heavy atom. The molecule has 0 radical (unpaired) electrons. The maximum Gasteiger partial charge on any atom is 0.619 e. The molecule has 0 aliphatic carbocycles. The number of hydrogen-bond donors (Lipinski definition) is 2. The van der Waals surface area contributed by atoms with Crippen LogP contribution < -0.4 is 5.73 Å². The zero-order valence-electron chi connectivity index (χ0n) is 9.20. The summed E-state index contributed by atoms with van der Waals surface area (Å²) in [5.74, 6) is -3.92. The largest absolute Gasteiger partial charge is 0.619 e. The molecule has 0 heterocycles. The first kappa shape index (κ1) is 14.4. The molecule has 0 aliphatic heterocycles. The fraction of sp³-hybridized carbons (Fsp3) is 0.250. The summed E-state index contributed by atoms with van der Waals surface area (Å²) in [6.45, 7) is 0. The highest BCUT2D eigenvalue weighted by molar-refractivity contribution is 5.21. The summed E-state index contributed by atoms with van der Waals surface area (Å²) in [6, 6.07) is 5.68. The lowest BCUT2D eigenvalue weighted by molar-refractivity contribution is -0.877. The minimum atomic E-state index is -3.92. The van der Waals surface area contributed by atoms with Crippen LogP contribution in [0.4, 0.5) is 0 Å². The standard InChI is InChI=1S/C8H8N4O7/c9-8(11(16)17,12(18)19)7(13,10(14)15)6-4-2-1-3-5-6/h1-5,13H,9H2. The smallest absolute Gasteiger partial charge is 0.313 e. The van der Waals surface area contributed by atoms with Gasteiger partial charge in [-0.1, -0.05) is 18.2 Å². The molecule has 0 aliphatic rings. The highest BCUT2D eigenvalue weighted by Gasteiger charge is 2.81. The van der Waals surface area contributed by atoms with Crippen LogP contribution in [0, 0.1) is 30.3 Å². The molecule has 1 aromatic carbocycles. The molecule has 11 heteroatoms. The Labute approximate surface area is 104 Å². The van der Waals surface area contributed by atoms with Gasteiger partial charge in [0.25, 0.3) is 0 Å². The Morgan fingerprint density at radius 1 is 0.947 bits per heavy atom. The van der Waals surface area contributed by atoms with Gasteiger partial charge in [-0.2, -0.15) is 5.73 Å². The van der Waals surface area contributed by atoms with E-state index in [1.54, 1.807) is 0 Å². The van der Waals surface area contributed by atoms with Crippen molar-refractivity contribution < 1.29 is 19.9 Å². The first-order valence-corrected chi connectivity index (χ1v) is 4.69. The molecule has 0 spiro atoms. The molecule has 1 atom stereocenters. The second kappa shape index (κ2) is 4.55. The molecule has 0 amide bonds. The quantitative estimate of drug-likeness (QED) is 0.400. The van der Waals surface area contributed by atoms with Crippen molar-refractivity contribution in [2.45, 2.75) is 11.5 Å². The van der Waals surface area contributed by atoms with Crippen LogP contribution >= 0.6 is 0 Å². The van der Waals surface area contributed by atoms with E-state index in [9.17, 15) is 35.4 Å². The molecule has 1 unspecified atom stereocenters. The highest BCUT2D eigenvalue weighted by atomic mass is 16.7. The van der Waals surface area contributed by atoms with Crippen molar-refractivity contribution in [2.75, 3.05) is 0 Å².